The lowest BCUT2D eigenvalue weighted by atomic mass is 10.4. The Morgan fingerprint density at radius 1 is 1.47 bits per heavy atom. The highest BCUT2D eigenvalue weighted by Gasteiger charge is 2.28. The lowest BCUT2D eigenvalue weighted by molar-refractivity contribution is 0.581. The van der Waals surface area contributed by atoms with Crippen molar-refractivity contribution in [3.05, 3.63) is 30.1 Å². The average molecular weight is 226 g/mol. The Balaban J connectivity index is 2.11. The first-order chi connectivity index (χ1) is 7.18. The molecule has 1 aromatic rings. The minimum absolute atomic E-state index is 0.0557. The molecule has 82 valence electrons. The molecule has 4 nitrogen and oxygen atoms in total. The molecule has 5 heteroatoms. The molecule has 1 saturated heterocycles. The molecule has 0 radical (unpaired) electrons. The van der Waals surface area contributed by atoms with Crippen LogP contribution >= 0.6 is 0 Å². The summed E-state index contributed by atoms with van der Waals surface area (Å²) in [6.45, 7) is 1.38. The van der Waals surface area contributed by atoms with E-state index in [1.54, 1.807) is 18.3 Å². The van der Waals surface area contributed by atoms with Gasteiger partial charge in [0.1, 0.15) is 0 Å². The summed E-state index contributed by atoms with van der Waals surface area (Å²) in [6, 6.07) is 5.35. The normalized spacial score (nSPS) is 21.7. The van der Waals surface area contributed by atoms with Crippen molar-refractivity contribution in [2.45, 2.75) is 17.4 Å². The maximum atomic E-state index is 11.9. The van der Waals surface area contributed by atoms with E-state index in [0.29, 0.717) is 12.2 Å². The van der Waals surface area contributed by atoms with Crippen LogP contribution < -0.4 is 5.32 Å². The third kappa shape index (κ3) is 2.54. The molecular weight excluding hydrogens is 212 g/mol. The van der Waals surface area contributed by atoms with Gasteiger partial charge in [0.05, 0.1) is 16.7 Å². The smallest absolute Gasteiger partial charge is 0.160 e. The van der Waals surface area contributed by atoms with Crippen molar-refractivity contribution in [3.63, 3.8) is 0 Å². The standard InChI is InChI=1S/C10H14N2O2S/c13-15(14,10-4-6-11-7-10)8-9-3-1-2-5-12-9/h1-3,5,10-11H,4,6-8H2/t10-/m0/s1. The third-order valence-corrected chi connectivity index (χ3v) is 4.71. The van der Waals surface area contributed by atoms with Gasteiger partial charge in [-0.3, -0.25) is 4.98 Å². The molecule has 1 fully saturated rings. The summed E-state index contributed by atoms with van der Waals surface area (Å²) in [7, 11) is -3.04. The van der Waals surface area contributed by atoms with Gasteiger partial charge in [0.25, 0.3) is 0 Å². The monoisotopic (exact) mass is 226 g/mol. The second-order valence-electron chi connectivity index (χ2n) is 3.74. The molecule has 1 aromatic heterocycles. The van der Waals surface area contributed by atoms with Crippen LogP contribution in [0.1, 0.15) is 12.1 Å². The van der Waals surface area contributed by atoms with Gasteiger partial charge in [-0.25, -0.2) is 8.42 Å². The first-order valence-electron chi connectivity index (χ1n) is 5.01. The summed E-state index contributed by atoms with van der Waals surface area (Å²) in [5.41, 5.74) is 0.629. The Morgan fingerprint density at radius 2 is 2.33 bits per heavy atom. The summed E-state index contributed by atoms with van der Waals surface area (Å²) < 4.78 is 23.8. The van der Waals surface area contributed by atoms with Crippen LogP contribution in [0.5, 0.6) is 0 Å². The van der Waals surface area contributed by atoms with Crippen molar-refractivity contribution in [2.24, 2.45) is 0 Å². The van der Waals surface area contributed by atoms with Crippen LogP contribution in [0, 0.1) is 0 Å². The highest BCUT2D eigenvalue weighted by molar-refractivity contribution is 7.91. The maximum absolute atomic E-state index is 11.9. The van der Waals surface area contributed by atoms with Gasteiger partial charge in [-0.05, 0) is 25.1 Å². The van der Waals surface area contributed by atoms with Crippen molar-refractivity contribution in [2.75, 3.05) is 13.1 Å². The van der Waals surface area contributed by atoms with Gasteiger partial charge in [0.2, 0.25) is 0 Å². The van der Waals surface area contributed by atoms with Crippen molar-refractivity contribution in [1.82, 2.24) is 10.3 Å². The third-order valence-electron chi connectivity index (χ3n) is 2.60. The molecule has 0 aromatic carbocycles. The van der Waals surface area contributed by atoms with Crippen LogP contribution in [0.4, 0.5) is 0 Å². The molecule has 2 rings (SSSR count). The molecule has 1 atom stereocenters. The van der Waals surface area contributed by atoms with Crippen LogP contribution in [-0.4, -0.2) is 31.7 Å². The molecule has 0 unspecified atom stereocenters. The van der Waals surface area contributed by atoms with E-state index in [-0.39, 0.29) is 11.0 Å². The Morgan fingerprint density at radius 3 is 2.93 bits per heavy atom. The fourth-order valence-corrected chi connectivity index (χ4v) is 3.41. The number of sulfone groups is 1. The van der Waals surface area contributed by atoms with Crippen molar-refractivity contribution < 1.29 is 8.42 Å². The van der Waals surface area contributed by atoms with E-state index in [9.17, 15) is 8.42 Å². The van der Waals surface area contributed by atoms with Crippen molar-refractivity contribution in [1.29, 1.82) is 0 Å². The van der Waals surface area contributed by atoms with Crippen LogP contribution in [0.3, 0.4) is 0 Å². The van der Waals surface area contributed by atoms with Gasteiger partial charge >= 0.3 is 0 Å². The van der Waals surface area contributed by atoms with Crippen LogP contribution in [-0.2, 0) is 15.6 Å². The molecule has 2 heterocycles. The zero-order valence-corrected chi connectivity index (χ0v) is 9.20. The quantitative estimate of drug-likeness (QED) is 0.808. The average Bonchev–Trinajstić information content (AvgIpc) is 2.71. The molecular formula is C10H14N2O2S. The summed E-state index contributed by atoms with van der Waals surface area (Å²) in [5.74, 6) is 0.0557. The number of hydrogen-bond donors (Lipinski definition) is 1. The van der Waals surface area contributed by atoms with E-state index in [0.717, 1.165) is 13.0 Å². The van der Waals surface area contributed by atoms with E-state index in [4.69, 9.17) is 0 Å². The van der Waals surface area contributed by atoms with Crippen LogP contribution in [0.25, 0.3) is 0 Å². The molecule has 0 amide bonds. The molecule has 0 bridgehead atoms. The van der Waals surface area contributed by atoms with Crippen molar-refractivity contribution >= 4 is 9.84 Å². The number of pyridine rings is 1. The van der Waals surface area contributed by atoms with E-state index in [1.165, 1.54) is 0 Å². The molecule has 1 aliphatic heterocycles. The van der Waals surface area contributed by atoms with E-state index in [1.807, 2.05) is 6.07 Å². The Labute approximate surface area is 89.6 Å². The zero-order valence-electron chi connectivity index (χ0n) is 8.39. The molecule has 15 heavy (non-hydrogen) atoms. The predicted molar refractivity (Wildman–Crippen MR) is 58.1 cm³/mol. The number of nitrogens with one attached hydrogen (secondary N) is 1. The molecule has 0 saturated carbocycles. The fraction of sp³-hybridized carbons (Fsp3) is 0.500. The Kier molecular flexibility index (Phi) is 3.02. The van der Waals surface area contributed by atoms with Gasteiger partial charge in [-0.2, -0.15) is 0 Å². The summed E-state index contributed by atoms with van der Waals surface area (Å²) in [5, 5.41) is 2.83. The fourth-order valence-electron chi connectivity index (χ4n) is 1.74. The summed E-state index contributed by atoms with van der Waals surface area (Å²) >= 11 is 0. The van der Waals surface area contributed by atoms with E-state index < -0.39 is 9.84 Å². The number of rotatable bonds is 3. The second-order valence-corrected chi connectivity index (χ2v) is 6.02. The van der Waals surface area contributed by atoms with Gasteiger partial charge in [0, 0.05) is 12.7 Å². The van der Waals surface area contributed by atoms with Crippen molar-refractivity contribution in [3.8, 4) is 0 Å². The summed E-state index contributed by atoms with van der Waals surface area (Å²) in [6.07, 6.45) is 2.34. The van der Waals surface area contributed by atoms with Gasteiger partial charge in [0.15, 0.2) is 9.84 Å². The summed E-state index contributed by atoms with van der Waals surface area (Å²) in [4.78, 5) is 4.04. The van der Waals surface area contributed by atoms with E-state index in [2.05, 4.69) is 10.3 Å². The largest absolute Gasteiger partial charge is 0.315 e. The molecule has 1 N–H and O–H groups in total. The topological polar surface area (TPSA) is 59.1 Å². The van der Waals surface area contributed by atoms with Gasteiger partial charge in [-0.15, -0.1) is 0 Å². The maximum Gasteiger partial charge on any atom is 0.160 e. The van der Waals surface area contributed by atoms with E-state index >= 15 is 0 Å². The first kappa shape index (κ1) is 10.6. The number of nitrogens with zero attached hydrogens (tertiary/aromatic N) is 1. The minimum atomic E-state index is -3.04. The zero-order chi connectivity index (χ0) is 10.7. The minimum Gasteiger partial charge on any atom is -0.315 e. The molecule has 0 spiro atoms. The first-order valence-corrected chi connectivity index (χ1v) is 6.72. The second kappa shape index (κ2) is 4.28. The van der Waals surface area contributed by atoms with Gasteiger partial charge < -0.3 is 5.32 Å². The molecule has 1 aliphatic rings. The highest BCUT2D eigenvalue weighted by atomic mass is 32.2. The molecule has 0 aliphatic carbocycles. The number of aromatic nitrogens is 1. The Hall–Kier alpha value is -0.940. The van der Waals surface area contributed by atoms with Crippen LogP contribution in [0.2, 0.25) is 0 Å². The SMILES string of the molecule is O=S(=O)(Cc1ccccn1)[C@H]1CCNC1. The lowest BCUT2D eigenvalue weighted by Crippen LogP contribution is -2.25. The highest BCUT2D eigenvalue weighted by Crippen LogP contribution is 2.14. The Bertz CT molecular complexity index is 410. The predicted octanol–water partition coefficient (Wildman–Crippen LogP) is 0.358. The van der Waals surface area contributed by atoms with Crippen LogP contribution in [0.15, 0.2) is 24.4 Å². The van der Waals surface area contributed by atoms with Gasteiger partial charge in [-0.1, -0.05) is 6.07 Å². The lowest BCUT2D eigenvalue weighted by Gasteiger charge is -2.09. The number of hydrogen-bond acceptors (Lipinski definition) is 4.